The van der Waals surface area contributed by atoms with Gasteiger partial charge in [-0.05, 0) is 31.0 Å². The maximum Gasteiger partial charge on any atom is 0.306 e. The molecule has 0 aliphatic carbocycles. The molecule has 0 aliphatic rings. The van der Waals surface area contributed by atoms with Gasteiger partial charge in [-0.15, -0.1) is 0 Å². The summed E-state index contributed by atoms with van der Waals surface area (Å²) in [5, 5.41) is 9.64. The first kappa shape index (κ1) is 11.9. The molecule has 82 valence electrons. The average Bonchev–Trinajstić information content (AvgIpc) is 2.20. The number of rotatable bonds is 4. The molecule has 1 N–H and O–H groups in total. The number of ether oxygens (including phenoxy) is 1. The maximum atomic E-state index is 11.1. The Morgan fingerprint density at radius 2 is 2.27 bits per heavy atom. The van der Waals surface area contributed by atoms with E-state index in [-0.39, 0.29) is 11.7 Å². The van der Waals surface area contributed by atoms with Crippen LogP contribution in [0.25, 0.3) is 0 Å². The predicted molar refractivity (Wildman–Crippen MR) is 58.1 cm³/mol. The van der Waals surface area contributed by atoms with Crippen LogP contribution >= 0.6 is 11.6 Å². The molecule has 4 heteroatoms. The lowest BCUT2D eigenvalue weighted by Crippen LogP contribution is -2.05. The van der Waals surface area contributed by atoms with Gasteiger partial charge < -0.3 is 9.84 Å². The first-order chi connectivity index (χ1) is 7.13. The minimum atomic E-state index is -0.230. The molecule has 15 heavy (non-hydrogen) atoms. The van der Waals surface area contributed by atoms with Gasteiger partial charge in [0.1, 0.15) is 5.75 Å². The van der Waals surface area contributed by atoms with Crippen LogP contribution in [0.4, 0.5) is 0 Å². The van der Waals surface area contributed by atoms with E-state index in [0.717, 1.165) is 5.56 Å². The maximum absolute atomic E-state index is 11.1. The van der Waals surface area contributed by atoms with Crippen LogP contribution in [-0.4, -0.2) is 17.7 Å². The number of hydrogen-bond donors (Lipinski definition) is 1. The molecule has 1 aromatic rings. The van der Waals surface area contributed by atoms with Crippen LogP contribution in [0.5, 0.6) is 5.75 Å². The van der Waals surface area contributed by atoms with Crippen molar-refractivity contribution >= 4 is 17.6 Å². The van der Waals surface area contributed by atoms with Gasteiger partial charge in [0.25, 0.3) is 0 Å². The number of aromatic hydroxyl groups is 1. The summed E-state index contributed by atoms with van der Waals surface area (Å²) < 4.78 is 4.79. The van der Waals surface area contributed by atoms with E-state index in [1.807, 2.05) is 0 Å². The SMILES string of the molecule is CCOC(=O)CCc1ccc(Cl)c(O)c1. The Morgan fingerprint density at radius 1 is 1.53 bits per heavy atom. The minimum Gasteiger partial charge on any atom is -0.506 e. The molecule has 0 bridgehead atoms. The van der Waals surface area contributed by atoms with Crippen LogP contribution in [0.3, 0.4) is 0 Å². The van der Waals surface area contributed by atoms with Gasteiger partial charge in [0.15, 0.2) is 0 Å². The fraction of sp³-hybridized carbons (Fsp3) is 0.364. The van der Waals surface area contributed by atoms with Gasteiger partial charge >= 0.3 is 5.97 Å². The van der Waals surface area contributed by atoms with Crippen molar-refractivity contribution in [3.8, 4) is 5.75 Å². The van der Waals surface area contributed by atoms with Gasteiger partial charge in [-0.3, -0.25) is 4.79 Å². The Balaban J connectivity index is 2.51. The number of benzene rings is 1. The molecule has 1 aromatic carbocycles. The molecule has 0 aliphatic heterocycles. The number of carbonyl (C=O) groups excluding carboxylic acids is 1. The van der Waals surface area contributed by atoms with Crippen molar-refractivity contribution in [2.24, 2.45) is 0 Å². The summed E-state index contributed by atoms with van der Waals surface area (Å²) in [6.45, 7) is 2.16. The summed E-state index contributed by atoms with van der Waals surface area (Å²) in [4.78, 5) is 11.1. The number of phenols is 1. The van der Waals surface area contributed by atoms with E-state index in [4.69, 9.17) is 16.3 Å². The van der Waals surface area contributed by atoms with Crippen LogP contribution in [-0.2, 0) is 16.0 Å². The molecule has 0 fully saturated rings. The van der Waals surface area contributed by atoms with Gasteiger partial charge in [-0.25, -0.2) is 0 Å². The Morgan fingerprint density at radius 3 is 2.87 bits per heavy atom. The molecule has 0 spiro atoms. The van der Waals surface area contributed by atoms with Gasteiger partial charge in [0, 0.05) is 6.42 Å². The lowest BCUT2D eigenvalue weighted by atomic mass is 10.1. The quantitative estimate of drug-likeness (QED) is 0.806. The smallest absolute Gasteiger partial charge is 0.306 e. The number of halogens is 1. The zero-order chi connectivity index (χ0) is 11.3. The highest BCUT2D eigenvalue weighted by molar-refractivity contribution is 6.31. The Bertz CT molecular complexity index is 350. The lowest BCUT2D eigenvalue weighted by Gasteiger charge is -2.03. The van der Waals surface area contributed by atoms with E-state index in [2.05, 4.69) is 0 Å². The topological polar surface area (TPSA) is 46.5 Å². The highest BCUT2D eigenvalue weighted by atomic mass is 35.5. The summed E-state index contributed by atoms with van der Waals surface area (Å²) >= 11 is 5.65. The van der Waals surface area contributed by atoms with E-state index < -0.39 is 0 Å². The molecule has 0 saturated carbocycles. The first-order valence-corrected chi connectivity index (χ1v) is 5.14. The summed E-state index contributed by atoms with van der Waals surface area (Å²) in [5.74, 6) is -0.190. The molecule has 3 nitrogen and oxygen atoms in total. The van der Waals surface area contributed by atoms with E-state index >= 15 is 0 Å². The molecule has 0 amide bonds. The molecular weight excluding hydrogens is 216 g/mol. The van der Waals surface area contributed by atoms with Crippen molar-refractivity contribution in [1.29, 1.82) is 0 Å². The third-order valence-electron chi connectivity index (χ3n) is 1.93. The third-order valence-corrected chi connectivity index (χ3v) is 2.25. The molecule has 0 aromatic heterocycles. The van der Waals surface area contributed by atoms with E-state index in [1.54, 1.807) is 25.1 Å². The number of carbonyl (C=O) groups is 1. The fourth-order valence-corrected chi connectivity index (χ4v) is 1.31. The Hall–Kier alpha value is -1.22. The van der Waals surface area contributed by atoms with Crippen LogP contribution < -0.4 is 0 Å². The van der Waals surface area contributed by atoms with E-state index in [0.29, 0.717) is 24.5 Å². The summed E-state index contributed by atoms with van der Waals surface area (Å²) in [5.41, 5.74) is 0.866. The number of phenolic OH excluding ortho intramolecular Hbond substituents is 1. The van der Waals surface area contributed by atoms with Crippen molar-refractivity contribution < 1.29 is 14.6 Å². The van der Waals surface area contributed by atoms with Crippen molar-refractivity contribution in [1.82, 2.24) is 0 Å². The molecule has 0 atom stereocenters. The summed E-state index contributed by atoms with van der Waals surface area (Å²) in [7, 11) is 0. The van der Waals surface area contributed by atoms with Gasteiger partial charge in [0.05, 0.1) is 11.6 Å². The van der Waals surface area contributed by atoms with Gasteiger partial charge in [-0.2, -0.15) is 0 Å². The van der Waals surface area contributed by atoms with Crippen LogP contribution in [0, 0.1) is 0 Å². The highest BCUT2D eigenvalue weighted by Gasteiger charge is 2.04. The Labute approximate surface area is 93.6 Å². The monoisotopic (exact) mass is 228 g/mol. The normalized spacial score (nSPS) is 10.0. The molecule has 0 heterocycles. The van der Waals surface area contributed by atoms with Gasteiger partial charge in [0.2, 0.25) is 0 Å². The zero-order valence-corrected chi connectivity index (χ0v) is 9.25. The Kier molecular flexibility index (Phi) is 4.43. The molecule has 0 saturated heterocycles. The van der Waals surface area contributed by atoms with Gasteiger partial charge in [-0.1, -0.05) is 17.7 Å². The molecule has 1 rings (SSSR count). The zero-order valence-electron chi connectivity index (χ0n) is 8.50. The number of esters is 1. The predicted octanol–water partition coefficient (Wildman–Crippen LogP) is 2.54. The van der Waals surface area contributed by atoms with Crippen molar-refractivity contribution in [2.45, 2.75) is 19.8 Å². The van der Waals surface area contributed by atoms with Crippen LogP contribution in [0.15, 0.2) is 18.2 Å². The van der Waals surface area contributed by atoms with E-state index in [1.165, 1.54) is 0 Å². The summed E-state index contributed by atoms with van der Waals surface area (Å²) in [6.07, 6.45) is 0.860. The summed E-state index contributed by atoms with van der Waals surface area (Å²) in [6, 6.07) is 4.94. The standard InChI is InChI=1S/C11H13ClO3/c1-2-15-11(14)6-4-8-3-5-9(12)10(13)7-8/h3,5,7,13H,2,4,6H2,1H3. The molecule has 0 radical (unpaired) electrons. The van der Waals surface area contributed by atoms with Crippen molar-refractivity contribution in [3.63, 3.8) is 0 Å². The van der Waals surface area contributed by atoms with E-state index in [9.17, 15) is 9.90 Å². The second-order valence-corrected chi connectivity index (χ2v) is 3.50. The molecular formula is C11H13ClO3. The lowest BCUT2D eigenvalue weighted by molar-refractivity contribution is -0.143. The van der Waals surface area contributed by atoms with Crippen molar-refractivity contribution in [3.05, 3.63) is 28.8 Å². The second kappa shape index (κ2) is 5.61. The van der Waals surface area contributed by atoms with Crippen LogP contribution in [0.2, 0.25) is 5.02 Å². The van der Waals surface area contributed by atoms with Crippen LogP contribution in [0.1, 0.15) is 18.9 Å². The second-order valence-electron chi connectivity index (χ2n) is 3.09. The highest BCUT2D eigenvalue weighted by Crippen LogP contribution is 2.24. The minimum absolute atomic E-state index is 0.0398. The largest absolute Gasteiger partial charge is 0.506 e. The first-order valence-electron chi connectivity index (χ1n) is 4.76. The average molecular weight is 229 g/mol. The number of hydrogen-bond acceptors (Lipinski definition) is 3. The third kappa shape index (κ3) is 3.80. The molecule has 0 unspecified atom stereocenters. The van der Waals surface area contributed by atoms with Crippen molar-refractivity contribution in [2.75, 3.05) is 6.61 Å². The number of aryl methyl sites for hydroxylation is 1. The fourth-order valence-electron chi connectivity index (χ4n) is 1.19.